The number of anilines is 1. The Bertz CT molecular complexity index is 769. The molecule has 4 rings (SSSR count). The predicted molar refractivity (Wildman–Crippen MR) is 112 cm³/mol. The van der Waals surface area contributed by atoms with Crippen LogP contribution in [0.25, 0.3) is 0 Å². The molecule has 0 radical (unpaired) electrons. The van der Waals surface area contributed by atoms with E-state index in [1.54, 1.807) is 6.20 Å². The highest BCUT2D eigenvalue weighted by molar-refractivity contribution is 5.94. The molecule has 1 amide bonds. The summed E-state index contributed by atoms with van der Waals surface area (Å²) in [7, 11) is 0. The zero-order chi connectivity index (χ0) is 19.3. The molecule has 2 aliphatic rings. The van der Waals surface area contributed by atoms with Gasteiger partial charge in [-0.15, -0.1) is 0 Å². The van der Waals surface area contributed by atoms with Gasteiger partial charge in [-0.1, -0.05) is 37.3 Å². The fourth-order valence-electron chi connectivity index (χ4n) is 4.23. The molecule has 1 unspecified atom stereocenters. The number of amides is 1. The molecule has 0 N–H and O–H groups in total. The minimum absolute atomic E-state index is 0.102. The van der Waals surface area contributed by atoms with E-state index in [4.69, 9.17) is 0 Å². The summed E-state index contributed by atoms with van der Waals surface area (Å²) in [4.78, 5) is 24.2. The first-order valence-corrected chi connectivity index (χ1v) is 10.5. The van der Waals surface area contributed by atoms with Gasteiger partial charge in [-0.2, -0.15) is 0 Å². The number of benzene rings is 1. The Morgan fingerprint density at radius 1 is 1.04 bits per heavy atom. The highest BCUT2D eigenvalue weighted by Crippen LogP contribution is 2.21. The molecule has 28 heavy (non-hydrogen) atoms. The van der Waals surface area contributed by atoms with Crippen LogP contribution in [0.3, 0.4) is 0 Å². The van der Waals surface area contributed by atoms with E-state index >= 15 is 0 Å². The topological polar surface area (TPSA) is 39.7 Å². The van der Waals surface area contributed by atoms with Gasteiger partial charge in [0.1, 0.15) is 5.82 Å². The lowest BCUT2D eigenvalue weighted by Crippen LogP contribution is -2.48. The Kier molecular flexibility index (Phi) is 5.91. The lowest BCUT2D eigenvalue weighted by molar-refractivity contribution is 0.0628. The zero-order valence-corrected chi connectivity index (χ0v) is 16.8. The van der Waals surface area contributed by atoms with Gasteiger partial charge in [0.2, 0.25) is 0 Å². The summed E-state index contributed by atoms with van der Waals surface area (Å²) in [6, 6.07) is 14.5. The normalized spacial score (nSPS) is 21.0. The van der Waals surface area contributed by atoms with Crippen molar-refractivity contribution in [1.29, 1.82) is 0 Å². The maximum atomic E-state index is 12.9. The van der Waals surface area contributed by atoms with E-state index in [2.05, 4.69) is 46.0 Å². The second-order valence-electron chi connectivity index (χ2n) is 8.15. The molecule has 0 aliphatic carbocycles. The number of hydrogen-bond acceptors (Lipinski definition) is 4. The Morgan fingerprint density at radius 3 is 2.50 bits per heavy atom. The van der Waals surface area contributed by atoms with Crippen molar-refractivity contribution < 1.29 is 4.79 Å². The van der Waals surface area contributed by atoms with Gasteiger partial charge in [0.05, 0.1) is 5.56 Å². The van der Waals surface area contributed by atoms with Gasteiger partial charge in [-0.25, -0.2) is 4.98 Å². The van der Waals surface area contributed by atoms with E-state index in [0.717, 1.165) is 51.6 Å². The molecule has 5 nitrogen and oxygen atoms in total. The summed E-state index contributed by atoms with van der Waals surface area (Å²) in [6.45, 7) is 8.75. The van der Waals surface area contributed by atoms with Crippen LogP contribution in [-0.2, 0) is 6.54 Å². The number of nitrogens with zero attached hydrogens (tertiary/aromatic N) is 4. The number of piperidine rings is 1. The highest BCUT2D eigenvalue weighted by atomic mass is 16.2. The summed E-state index contributed by atoms with van der Waals surface area (Å²) < 4.78 is 0. The minimum Gasteiger partial charge on any atom is -0.356 e. The summed E-state index contributed by atoms with van der Waals surface area (Å²) in [5, 5.41) is 0. The van der Waals surface area contributed by atoms with Gasteiger partial charge in [0.15, 0.2) is 0 Å². The van der Waals surface area contributed by atoms with Gasteiger partial charge in [0, 0.05) is 52.0 Å². The van der Waals surface area contributed by atoms with Gasteiger partial charge in [-0.05, 0) is 36.5 Å². The maximum Gasteiger partial charge on any atom is 0.255 e. The summed E-state index contributed by atoms with van der Waals surface area (Å²) in [5.74, 6) is 1.81. The van der Waals surface area contributed by atoms with E-state index in [-0.39, 0.29) is 5.91 Å². The number of piperazine rings is 1. The monoisotopic (exact) mass is 378 g/mol. The van der Waals surface area contributed by atoms with Gasteiger partial charge < -0.3 is 9.80 Å². The molecule has 0 bridgehead atoms. The van der Waals surface area contributed by atoms with Crippen LogP contribution in [0.5, 0.6) is 0 Å². The first-order valence-electron chi connectivity index (χ1n) is 10.5. The Morgan fingerprint density at radius 2 is 1.82 bits per heavy atom. The molecule has 0 spiro atoms. The van der Waals surface area contributed by atoms with Crippen molar-refractivity contribution >= 4 is 11.7 Å². The molecule has 5 heteroatoms. The lowest BCUT2D eigenvalue weighted by atomic mass is 10.0. The first kappa shape index (κ1) is 18.9. The number of carbonyl (C=O) groups is 1. The third kappa shape index (κ3) is 4.53. The molecular formula is C23H30N4O. The average molecular weight is 379 g/mol. The number of hydrogen-bond donors (Lipinski definition) is 0. The van der Waals surface area contributed by atoms with Crippen LogP contribution in [0.1, 0.15) is 35.7 Å². The van der Waals surface area contributed by atoms with E-state index in [9.17, 15) is 4.79 Å². The first-order chi connectivity index (χ1) is 13.7. The van der Waals surface area contributed by atoms with Crippen LogP contribution < -0.4 is 4.90 Å². The third-order valence-corrected chi connectivity index (χ3v) is 5.88. The third-order valence-electron chi connectivity index (χ3n) is 5.88. The molecule has 0 saturated carbocycles. The SMILES string of the molecule is CC1CCCN(c2ccc(C(=O)N3CCN(Cc4ccccc4)CC3)cn2)C1. The van der Waals surface area contributed by atoms with E-state index in [1.807, 2.05) is 23.1 Å². The standard InChI is InChI=1S/C23H30N4O/c1-19-6-5-11-27(17-19)22-10-9-21(16-24-22)23(28)26-14-12-25(13-15-26)18-20-7-3-2-4-8-20/h2-4,7-10,16,19H,5-6,11-15,17-18H2,1H3. The second-order valence-corrected chi connectivity index (χ2v) is 8.15. The van der Waals surface area contributed by atoms with Crippen LogP contribution in [-0.4, -0.2) is 60.0 Å². The molecule has 3 heterocycles. The van der Waals surface area contributed by atoms with Crippen LogP contribution in [0.15, 0.2) is 48.7 Å². The van der Waals surface area contributed by atoms with Crippen molar-refractivity contribution in [2.45, 2.75) is 26.3 Å². The van der Waals surface area contributed by atoms with Crippen molar-refractivity contribution in [3.05, 3.63) is 59.8 Å². The summed E-state index contributed by atoms with van der Waals surface area (Å²) >= 11 is 0. The molecule has 2 fully saturated rings. The quantitative estimate of drug-likeness (QED) is 0.819. The van der Waals surface area contributed by atoms with Crippen molar-refractivity contribution in [2.24, 2.45) is 5.92 Å². The number of rotatable bonds is 4. The number of aromatic nitrogens is 1. The molecule has 1 atom stereocenters. The highest BCUT2D eigenvalue weighted by Gasteiger charge is 2.23. The van der Waals surface area contributed by atoms with Crippen LogP contribution in [0, 0.1) is 5.92 Å². The molecule has 1 aromatic heterocycles. The fraction of sp³-hybridized carbons (Fsp3) is 0.478. The largest absolute Gasteiger partial charge is 0.356 e. The Balaban J connectivity index is 1.31. The van der Waals surface area contributed by atoms with Crippen LogP contribution >= 0.6 is 0 Å². The van der Waals surface area contributed by atoms with E-state index in [1.165, 1.54) is 18.4 Å². The molecule has 2 aliphatic heterocycles. The maximum absolute atomic E-state index is 12.9. The van der Waals surface area contributed by atoms with Crippen LogP contribution in [0.4, 0.5) is 5.82 Å². The van der Waals surface area contributed by atoms with Gasteiger partial charge in [-0.3, -0.25) is 9.69 Å². The predicted octanol–water partition coefficient (Wildman–Crippen LogP) is 3.28. The second kappa shape index (κ2) is 8.74. The average Bonchev–Trinajstić information content (AvgIpc) is 2.75. The minimum atomic E-state index is 0.102. The van der Waals surface area contributed by atoms with Crippen molar-refractivity contribution in [2.75, 3.05) is 44.2 Å². The zero-order valence-electron chi connectivity index (χ0n) is 16.8. The van der Waals surface area contributed by atoms with Gasteiger partial charge >= 0.3 is 0 Å². The van der Waals surface area contributed by atoms with E-state index in [0.29, 0.717) is 11.5 Å². The van der Waals surface area contributed by atoms with E-state index < -0.39 is 0 Å². The Labute approximate surface area is 168 Å². The molecule has 148 valence electrons. The number of carbonyl (C=O) groups excluding carboxylic acids is 1. The lowest BCUT2D eigenvalue weighted by Gasteiger charge is -2.35. The van der Waals surface area contributed by atoms with Crippen molar-refractivity contribution in [3.63, 3.8) is 0 Å². The smallest absolute Gasteiger partial charge is 0.255 e. The Hall–Kier alpha value is -2.40. The van der Waals surface area contributed by atoms with Gasteiger partial charge in [0.25, 0.3) is 5.91 Å². The van der Waals surface area contributed by atoms with Crippen molar-refractivity contribution in [3.8, 4) is 0 Å². The summed E-state index contributed by atoms with van der Waals surface area (Å²) in [6.07, 6.45) is 4.27. The van der Waals surface area contributed by atoms with Crippen molar-refractivity contribution in [1.82, 2.24) is 14.8 Å². The van der Waals surface area contributed by atoms with Crippen LogP contribution in [0.2, 0.25) is 0 Å². The fourth-order valence-corrected chi connectivity index (χ4v) is 4.23. The molecule has 2 aromatic rings. The molecule has 1 aromatic carbocycles. The molecule has 2 saturated heterocycles. The number of pyridine rings is 1. The molecular weight excluding hydrogens is 348 g/mol. The summed E-state index contributed by atoms with van der Waals surface area (Å²) in [5.41, 5.74) is 2.03.